The Kier molecular flexibility index (Phi) is 3.88. The fraction of sp³-hybridized carbons (Fsp3) is 0.900. The molecule has 1 saturated carbocycles. The lowest BCUT2D eigenvalue weighted by Gasteiger charge is -2.25. The molecule has 1 unspecified atom stereocenters. The van der Waals surface area contributed by atoms with Crippen LogP contribution in [0.15, 0.2) is 0 Å². The van der Waals surface area contributed by atoms with Gasteiger partial charge in [-0.25, -0.2) is 0 Å². The van der Waals surface area contributed by atoms with Gasteiger partial charge in [0.2, 0.25) is 0 Å². The van der Waals surface area contributed by atoms with E-state index in [2.05, 4.69) is 5.32 Å². The Bertz CT molecular complexity index is 229. The second kappa shape index (κ2) is 5.18. The molecule has 1 aliphatic heterocycles. The van der Waals surface area contributed by atoms with Crippen molar-refractivity contribution in [2.75, 3.05) is 19.0 Å². The van der Waals surface area contributed by atoms with Crippen LogP contribution in [0.5, 0.6) is 0 Å². The van der Waals surface area contributed by atoms with Gasteiger partial charge in [0.1, 0.15) is 6.04 Å². The van der Waals surface area contributed by atoms with E-state index < -0.39 is 5.97 Å². The zero-order valence-electron chi connectivity index (χ0n) is 8.65. The molecule has 15 heavy (non-hydrogen) atoms. The lowest BCUT2D eigenvalue weighted by atomic mass is 10.2. The van der Waals surface area contributed by atoms with Crippen molar-refractivity contribution < 1.29 is 14.6 Å². The summed E-state index contributed by atoms with van der Waals surface area (Å²) in [7, 11) is 0. The lowest BCUT2D eigenvalue weighted by molar-refractivity contribution is -0.139. The Morgan fingerprint density at radius 1 is 1.53 bits per heavy atom. The highest BCUT2D eigenvalue weighted by molar-refractivity contribution is 8.00. The summed E-state index contributed by atoms with van der Waals surface area (Å²) in [4.78, 5) is 10.9. The molecule has 0 amide bonds. The number of rotatable bonds is 7. The predicted octanol–water partition coefficient (Wildman–Crippen LogP) is 0.714. The van der Waals surface area contributed by atoms with E-state index in [0.29, 0.717) is 17.7 Å². The molecule has 5 heteroatoms. The second-order valence-electron chi connectivity index (χ2n) is 4.15. The Balaban J connectivity index is 1.61. The predicted molar refractivity (Wildman–Crippen MR) is 59.3 cm³/mol. The summed E-state index contributed by atoms with van der Waals surface area (Å²) in [6.45, 7) is 1.66. The van der Waals surface area contributed by atoms with Gasteiger partial charge in [0.05, 0.1) is 18.5 Å². The standard InChI is InChI=1S/C10H17NO3S/c12-10(13)9(11-7-1-2-7)3-4-15-8-5-14-6-8/h7-9,11H,1-6H2,(H,12,13). The minimum Gasteiger partial charge on any atom is -0.480 e. The van der Waals surface area contributed by atoms with Gasteiger partial charge in [-0.2, -0.15) is 11.8 Å². The van der Waals surface area contributed by atoms with Gasteiger partial charge in [0.15, 0.2) is 0 Å². The summed E-state index contributed by atoms with van der Waals surface area (Å²) >= 11 is 1.83. The highest BCUT2D eigenvalue weighted by Gasteiger charge is 2.28. The fourth-order valence-corrected chi connectivity index (χ4v) is 2.57. The van der Waals surface area contributed by atoms with E-state index in [1.807, 2.05) is 11.8 Å². The molecule has 1 heterocycles. The number of aliphatic carboxylic acids is 1. The Morgan fingerprint density at radius 3 is 2.73 bits per heavy atom. The first-order valence-electron chi connectivity index (χ1n) is 5.44. The van der Waals surface area contributed by atoms with Gasteiger partial charge in [-0.1, -0.05) is 0 Å². The first-order chi connectivity index (χ1) is 7.25. The average molecular weight is 231 g/mol. The van der Waals surface area contributed by atoms with Crippen LogP contribution in [0.25, 0.3) is 0 Å². The molecule has 0 aromatic carbocycles. The maximum Gasteiger partial charge on any atom is 0.320 e. The van der Waals surface area contributed by atoms with Crippen molar-refractivity contribution in [3.05, 3.63) is 0 Å². The van der Waals surface area contributed by atoms with Crippen LogP contribution in [-0.4, -0.2) is 47.4 Å². The highest BCUT2D eigenvalue weighted by Crippen LogP contribution is 2.22. The fourth-order valence-electron chi connectivity index (χ4n) is 1.48. The van der Waals surface area contributed by atoms with Crippen LogP contribution in [0.3, 0.4) is 0 Å². The van der Waals surface area contributed by atoms with Gasteiger partial charge >= 0.3 is 5.97 Å². The van der Waals surface area contributed by atoms with Gasteiger partial charge in [0.25, 0.3) is 0 Å². The van der Waals surface area contributed by atoms with Gasteiger partial charge in [-0.05, 0) is 25.0 Å². The maximum atomic E-state index is 10.9. The van der Waals surface area contributed by atoms with E-state index in [9.17, 15) is 4.79 Å². The third kappa shape index (κ3) is 3.66. The third-order valence-electron chi connectivity index (χ3n) is 2.68. The molecule has 1 aliphatic carbocycles. The molecule has 0 aromatic heterocycles. The second-order valence-corrected chi connectivity index (χ2v) is 5.56. The Hall–Kier alpha value is -0.260. The third-order valence-corrected chi connectivity index (χ3v) is 3.89. The SMILES string of the molecule is O=C(O)C(CCSC1COC1)NC1CC1. The monoisotopic (exact) mass is 231 g/mol. The van der Waals surface area contributed by atoms with Crippen LogP contribution >= 0.6 is 11.8 Å². The number of carboxylic acids is 1. The molecule has 2 aliphatic rings. The maximum absolute atomic E-state index is 10.9. The zero-order chi connectivity index (χ0) is 10.7. The lowest BCUT2D eigenvalue weighted by Crippen LogP contribution is -2.39. The molecular weight excluding hydrogens is 214 g/mol. The summed E-state index contributed by atoms with van der Waals surface area (Å²) in [6.07, 6.45) is 2.98. The number of nitrogens with one attached hydrogen (secondary N) is 1. The summed E-state index contributed by atoms with van der Waals surface area (Å²) in [5.74, 6) is 0.192. The number of thioether (sulfide) groups is 1. The van der Waals surface area contributed by atoms with Crippen molar-refractivity contribution >= 4 is 17.7 Å². The van der Waals surface area contributed by atoms with Crippen molar-refractivity contribution in [2.45, 2.75) is 36.6 Å². The quantitative estimate of drug-likeness (QED) is 0.676. The Morgan fingerprint density at radius 2 is 2.27 bits per heavy atom. The van der Waals surface area contributed by atoms with Crippen LogP contribution in [0.4, 0.5) is 0 Å². The van der Waals surface area contributed by atoms with Crippen LogP contribution < -0.4 is 5.32 Å². The number of hydrogen-bond donors (Lipinski definition) is 2. The summed E-state index contributed by atoms with van der Waals surface area (Å²) in [5, 5.41) is 12.7. The molecule has 1 atom stereocenters. The number of hydrogen-bond acceptors (Lipinski definition) is 4. The van der Waals surface area contributed by atoms with E-state index in [-0.39, 0.29) is 6.04 Å². The minimum atomic E-state index is -0.715. The van der Waals surface area contributed by atoms with E-state index in [4.69, 9.17) is 9.84 Å². The molecule has 0 aromatic rings. The molecule has 1 saturated heterocycles. The molecule has 4 nitrogen and oxygen atoms in total. The molecule has 0 spiro atoms. The molecule has 0 bridgehead atoms. The largest absolute Gasteiger partial charge is 0.480 e. The Labute approximate surface area is 93.8 Å². The van der Waals surface area contributed by atoms with E-state index >= 15 is 0 Å². The number of carboxylic acid groups (broad SMARTS) is 1. The molecule has 2 fully saturated rings. The van der Waals surface area contributed by atoms with Crippen LogP contribution in [0.2, 0.25) is 0 Å². The van der Waals surface area contributed by atoms with Crippen molar-refractivity contribution in [3.8, 4) is 0 Å². The first kappa shape index (κ1) is 11.2. The molecule has 86 valence electrons. The van der Waals surface area contributed by atoms with Crippen molar-refractivity contribution in [1.29, 1.82) is 0 Å². The summed E-state index contributed by atoms with van der Waals surface area (Å²) in [6, 6.07) is 0.106. The summed E-state index contributed by atoms with van der Waals surface area (Å²) < 4.78 is 5.06. The van der Waals surface area contributed by atoms with E-state index in [1.54, 1.807) is 0 Å². The smallest absolute Gasteiger partial charge is 0.320 e. The van der Waals surface area contributed by atoms with Gasteiger partial charge < -0.3 is 15.2 Å². The van der Waals surface area contributed by atoms with Gasteiger partial charge in [-0.15, -0.1) is 0 Å². The van der Waals surface area contributed by atoms with Crippen LogP contribution in [-0.2, 0) is 9.53 Å². The van der Waals surface area contributed by atoms with Gasteiger partial charge in [-0.3, -0.25) is 4.79 Å². The van der Waals surface area contributed by atoms with Gasteiger partial charge in [0, 0.05) is 6.04 Å². The normalized spacial score (nSPS) is 23.5. The molecular formula is C10H17NO3S. The zero-order valence-corrected chi connectivity index (χ0v) is 9.46. The van der Waals surface area contributed by atoms with Crippen LogP contribution in [0.1, 0.15) is 19.3 Å². The molecule has 0 radical (unpaired) electrons. The van der Waals surface area contributed by atoms with Crippen molar-refractivity contribution in [3.63, 3.8) is 0 Å². The van der Waals surface area contributed by atoms with E-state index in [0.717, 1.165) is 31.8 Å². The summed E-state index contributed by atoms with van der Waals surface area (Å²) in [5.41, 5.74) is 0. The van der Waals surface area contributed by atoms with Crippen molar-refractivity contribution in [2.24, 2.45) is 0 Å². The minimum absolute atomic E-state index is 0.356. The molecule has 2 N–H and O–H groups in total. The highest BCUT2D eigenvalue weighted by atomic mass is 32.2. The number of carbonyl (C=O) groups is 1. The van der Waals surface area contributed by atoms with Crippen LogP contribution in [0, 0.1) is 0 Å². The first-order valence-corrected chi connectivity index (χ1v) is 6.49. The molecule has 2 rings (SSSR count). The topological polar surface area (TPSA) is 58.6 Å². The average Bonchev–Trinajstić information content (AvgIpc) is 2.90. The van der Waals surface area contributed by atoms with E-state index in [1.165, 1.54) is 0 Å². The van der Waals surface area contributed by atoms with Crippen molar-refractivity contribution in [1.82, 2.24) is 5.32 Å². The number of ether oxygens (including phenoxy) is 1.